The Morgan fingerprint density at radius 2 is 2.46 bits per heavy atom. The largest absolute Gasteiger partial charge is 0.466 e. The molecule has 1 rings (SSSR count). The monoisotopic (exact) mass is 188 g/mol. The van der Waals surface area contributed by atoms with Crippen LogP contribution in [0.3, 0.4) is 0 Å². The van der Waals surface area contributed by atoms with Crippen LogP contribution in [-0.4, -0.2) is 36.5 Å². The van der Waals surface area contributed by atoms with Crippen molar-refractivity contribution in [1.29, 1.82) is 0 Å². The summed E-state index contributed by atoms with van der Waals surface area (Å²) < 4.78 is 10.0. The van der Waals surface area contributed by atoms with Crippen molar-refractivity contribution in [2.45, 2.75) is 38.4 Å². The highest BCUT2D eigenvalue weighted by atomic mass is 16.5. The molecule has 13 heavy (non-hydrogen) atoms. The highest BCUT2D eigenvalue weighted by Crippen LogP contribution is 2.16. The lowest BCUT2D eigenvalue weighted by Gasteiger charge is -2.27. The number of aliphatic hydroxyl groups is 1. The molecule has 76 valence electrons. The molecule has 0 amide bonds. The van der Waals surface area contributed by atoms with E-state index in [1.165, 1.54) is 0 Å². The zero-order chi connectivity index (χ0) is 9.68. The molecule has 1 N–H and O–H groups in total. The molecule has 0 bridgehead atoms. The third-order valence-electron chi connectivity index (χ3n) is 2.08. The summed E-state index contributed by atoms with van der Waals surface area (Å²) >= 11 is 0. The number of rotatable bonds is 3. The van der Waals surface area contributed by atoms with Crippen molar-refractivity contribution < 1.29 is 19.4 Å². The highest BCUT2D eigenvalue weighted by molar-refractivity contribution is 5.70. The summed E-state index contributed by atoms with van der Waals surface area (Å²) in [4.78, 5) is 11.0. The van der Waals surface area contributed by atoms with E-state index < -0.39 is 6.10 Å². The Morgan fingerprint density at radius 3 is 3.08 bits per heavy atom. The lowest BCUT2D eigenvalue weighted by molar-refractivity contribution is -0.151. The topological polar surface area (TPSA) is 55.8 Å². The van der Waals surface area contributed by atoms with Crippen molar-refractivity contribution in [2.24, 2.45) is 0 Å². The van der Waals surface area contributed by atoms with Gasteiger partial charge < -0.3 is 14.6 Å². The summed E-state index contributed by atoms with van der Waals surface area (Å²) in [6, 6.07) is 0. The fourth-order valence-corrected chi connectivity index (χ4v) is 1.40. The minimum atomic E-state index is -0.516. The van der Waals surface area contributed by atoms with Gasteiger partial charge in [-0.2, -0.15) is 0 Å². The second-order valence-corrected chi connectivity index (χ2v) is 3.13. The molecule has 4 nitrogen and oxygen atoms in total. The third-order valence-corrected chi connectivity index (χ3v) is 2.08. The average Bonchev–Trinajstić information content (AvgIpc) is 2.09. The Bertz CT molecular complexity index is 169. The van der Waals surface area contributed by atoms with Crippen molar-refractivity contribution in [2.75, 3.05) is 13.2 Å². The number of carbonyl (C=O) groups excluding carboxylic acids is 1. The van der Waals surface area contributed by atoms with Gasteiger partial charge in [-0.05, 0) is 19.8 Å². The number of hydrogen-bond donors (Lipinski definition) is 1. The van der Waals surface area contributed by atoms with E-state index in [1.807, 2.05) is 0 Å². The van der Waals surface area contributed by atoms with E-state index in [0.29, 0.717) is 19.6 Å². The molecule has 2 unspecified atom stereocenters. The molecule has 1 aliphatic heterocycles. The van der Waals surface area contributed by atoms with Crippen molar-refractivity contribution >= 4 is 5.97 Å². The highest BCUT2D eigenvalue weighted by Gasteiger charge is 2.26. The molecule has 0 radical (unpaired) electrons. The minimum absolute atomic E-state index is 0.162. The van der Waals surface area contributed by atoms with Crippen LogP contribution in [0.2, 0.25) is 0 Å². The smallest absolute Gasteiger partial charge is 0.308 e. The fourth-order valence-electron chi connectivity index (χ4n) is 1.40. The molecule has 1 aliphatic rings. The van der Waals surface area contributed by atoms with Gasteiger partial charge in [0.05, 0.1) is 25.2 Å². The maximum atomic E-state index is 11.0. The Balaban J connectivity index is 2.29. The molecule has 0 spiro atoms. The predicted octanol–water partition coefficient (Wildman–Crippen LogP) is 0.480. The maximum absolute atomic E-state index is 11.0. The summed E-state index contributed by atoms with van der Waals surface area (Å²) in [5.41, 5.74) is 0. The minimum Gasteiger partial charge on any atom is -0.466 e. The van der Waals surface area contributed by atoms with Gasteiger partial charge in [-0.15, -0.1) is 0 Å². The quantitative estimate of drug-likeness (QED) is 0.654. The Labute approximate surface area is 77.8 Å². The number of hydrogen-bond acceptors (Lipinski definition) is 4. The van der Waals surface area contributed by atoms with E-state index >= 15 is 0 Å². The van der Waals surface area contributed by atoms with Crippen molar-refractivity contribution in [3.8, 4) is 0 Å². The number of esters is 1. The van der Waals surface area contributed by atoms with Crippen LogP contribution in [0.4, 0.5) is 0 Å². The summed E-state index contributed by atoms with van der Waals surface area (Å²) in [6.45, 7) is 2.76. The zero-order valence-corrected chi connectivity index (χ0v) is 7.86. The molecule has 4 heteroatoms. The van der Waals surface area contributed by atoms with E-state index in [0.717, 1.165) is 6.42 Å². The van der Waals surface area contributed by atoms with Gasteiger partial charge in [0, 0.05) is 6.61 Å². The van der Waals surface area contributed by atoms with Gasteiger partial charge in [0.1, 0.15) is 0 Å². The molecule has 0 aromatic carbocycles. The van der Waals surface area contributed by atoms with Gasteiger partial charge in [0.15, 0.2) is 0 Å². The SMILES string of the molecule is CCOC(=O)CC1OCCCC1O. The first-order valence-corrected chi connectivity index (χ1v) is 4.69. The molecule has 1 heterocycles. The lowest BCUT2D eigenvalue weighted by atomic mass is 10.0. The molecular formula is C9H16O4. The molecular weight excluding hydrogens is 172 g/mol. The maximum Gasteiger partial charge on any atom is 0.308 e. The van der Waals surface area contributed by atoms with Gasteiger partial charge in [-0.3, -0.25) is 4.79 Å². The first-order chi connectivity index (χ1) is 6.24. The second kappa shape index (κ2) is 5.19. The van der Waals surface area contributed by atoms with Crippen LogP contribution >= 0.6 is 0 Å². The molecule has 0 aromatic rings. The molecule has 0 aromatic heterocycles. The zero-order valence-electron chi connectivity index (χ0n) is 7.86. The first kappa shape index (κ1) is 10.5. The van der Waals surface area contributed by atoms with E-state index in [4.69, 9.17) is 9.47 Å². The lowest BCUT2D eigenvalue weighted by Crippen LogP contribution is -2.36. The summed E-state index contributed by atoms with van der Waals surface area (Å²) in [7, 11) is 0. The molecule has 0 saturated carbocycles. The summed E-state index contributed by atoms with van der Waals surface area (Å²) in [6.07, 6.45) is 0.852. The molecule has 1 fully saturated rings. The van der Waals surface area contributed by atoms with E-state index in [2.05, 4.69) is 0 Å². The Kier molecular flexibility index (Phi) is 4.18. The molecule has 2 atom stereocenters. The van der Waals surface area contributed by atoms with Gasteiger partial charge in [0.25, 0.3) is 0 Å². The van der Waals surface area contributed by atoms with Gasteiger partial charge >= 0.3 is 5.97 Å². The number of ether oxygens (including phenoxy) is 2. The van der Waals surface area contributed by atoms with Gasteiger partial charge in [-0.1, -0.05) is 0 Å². The van der Waals surface area contributed by atoms with Gasteiger partial charge in [-0.25, -0.2) is 0 Å². The Morgan fingerprint density at radius 1 is 1.69 bits per heavy atom. The van der Waals surface area contributed by atoms with E-state index in [1.54, 1.807) is 6.92 Å². The summed E-state index contributed by atoms with van der Waals surface area (Å²) in [5, 5.41) is 9.45. The van der Waals surface area contributed by atoms with E-state index in [-0.39, 0.29) is 18.5 Å². The van der Waals surface area contributed by atoms with Crippen LogP contribution < -0.4 is 0 Å². The van der Waals surface area contributed by atoms with Crippen LogP contribution in [0, 0.1) is 0 Å². The van der Waals surface area contributed by atoms with Crippen LogP contribution in [-0.2, 0) is 14.3 Å². The van der Waals surface area contributed by atoms with Crippen LogP contribution in [0.25, 0.3) is 0 Å². The normalized spacial score (nSPS) is 28.5. The predicted molar refractivity (Wildman–Crippen MR) is 46.2 cm³/mol. The van der Waals surface area contributed by atoms with Crippen molar-refractivity contribution in [3.63, 3.8) is 0 Å². The third kappa shape index (κ3) is 3.32. The summed E-state index contributed by atoms with van der Waals surface area (Å²) in [5.74, 6) is -0.298. The number of carbonyl (C=O) groups is 1. The Hall–Kier alpha value is -0.610. The van der Waals surface area contributed by atoms with Gasteiger partial charge in [0.2, 0.25) is 0 Å². The van der Waals surface area contributed by atoms with Crippen molar-refractivity contribution in [1.82, 2.24) is 0 Å². The van der Waals surface area contributed by atoms with Crippen molar-refractivity contribution in [3.05, 3.63) is 0 Å². The first-order valence-electron chi connectivity index (χ1n) is 4.69. The van der Waals surface area contributed by atoms with Crippen LogP contribution in [0.1, 0.15) is 26.2 Å². The number of aliphatic hydroxyl groups excluding tert-OH is 1. The second-order valence-electron chi connectivity index (χ2n) is 3.13. The fraction of sp³-hybridized carbons (Fsp3) is 0.889. The molecule has 0 aliphatic carbocycles. The molecule has 1 saturated heterocycles. The van der Waals surface area contributed by atoms with Crippen LogP contribution in [0.5, 0.6) is 0 Å². The van der Waals surface area contributed by atoms with Crippen LogP contribution in [0.15, 0.2) is 0 Å². The average molecular weight is 188 g/mol. The van der Waals surface area contributed by atoms with E-state index in [9.17, 15) is 9.90 Å². The standard InChI is InChI=1S/C9H16O4/c1-2-12-9(11)6-8-7(10)4-3-5-13-8/h7-8,10H,2-6H2,1H3.